The fourth-order valence-electron chi connectivity index (χ4n) is 8.61. The maximum Gasteiger partial charge on any atom is 0.456 e. The summed E-state index contributed by atoms with van der Waals surface area (Å²) in [6.45, 7) is 1.66. The van der Waals surface area contributed by atoms with Crippen molar-refractivity contribution >= 4 is 35.2 Å². The number of alkyl halides is 5. The number of rotatable bonds is 6. The van der Waals surface area contributed by atoms with Crippen LogP contribution in [0.5, 0.6) is 0 Å². The van der Waals surface area contributed by atoms with Gasteiger partial charge in [0.1, 0.15) is 5.60 Å². The van der Waals surface area contributed by atoms with Crippen molar-refractivity contribution in [3.63, 3.8) is 0 Å². The Labute approximate surface area is 275 Å². The Morgan fingerprint density at radius 1 is 1.02 bits per heavy atom. The van der Waals surface area contributed by atoms with Crippen molar-refractivity contribution in [3.05, 3.63) is 93.6 Å². The predicted octanol–water partition coefficient (Wildman–Crippen LogP) is 9.00. The number of amides is 2. The Morgan fingerprint density at radius 3 is 2.40 bits per heavy atom. The van der Waals surface area contributed by atoms with E-state index in [4.69, 9.17) is 11.6 Å². The first kappa shape index (κ1) is 33.4. The third-order valence-corrected chi connectivity index (χ3v) is 11.1. The van der Waals surface area contributed by atoms with E-state index in [1.54, 1.807) is 36.4 Å². The molecule has 2 saturated carbocycles. The lowest BCUT2D eigenvalue weighted by molar-refractivity contribution is -0.362. The second kappa shape index (κ2) is 12.2. The van der Waals surface area contributed by atoms with E-state index >= 15 is 8.78 Å². The van der Waals surface area contributed by atoms with E-state index < -0.39 is 47.4 Å². The average Bonchev–Trinajstić information content (AvgIpc) is 3.31. The van der Waals surface area contributed by atoms with Gasteiger partial charge >= 0.3 is 18.1 Å². The van der Waals surface area contributed by atoms with Crippen molar-refractivity contribution in [3.8, 4) is 0 Å². The monoisotopic (exact) mass is 674 g/mol. The number of anilines is 1. The standard InChI is InChI=1S/C36H36ClF5N2O3/c1-33-20-29(22-6-4-21(5-7-22)3-2-18-43-32(46)44-25-11-9-24(37)10-12-25)31-27-15-13-26(45)19-23(27)8-14-28(31)30(33)16-17-34(33,47)35(38,39)36(40,41)42/h2-7,9-12,19,28-30,47H,8,13-18,20H2,1H3,(H2,43,44,46)/t28-,29+,30-,33-,34-/m0/s1. The smallest absolute Gasteiger partial charge is 0.383 e. The van der Waals surface area contributed by atoms with Crippen molar-refractivity contribution < 1.29 is 36.6 Å². The molecule has 5 atom stereocenters. The number of benzene rings is 2. The number of urea groups is 1. The summed E-state index contributed by atoms with van der Waals surface area (Å²) in [6.07, 6.45) is 0.629. The molecule has 2 fully saturated rings. The maximum absolute atomic E-state index is 15.2. The summed E-state index contributed by atoms with van der Waals surface area (Å²) in [4.78, 5) is 24.5. The molecule has 4 aliphatic carbocycles. The molecule has 0 aliphatic heterocycles. The summed E-state index contributed by atoms with van der Waals surface area (Å²) in [5, 5.41) is 17.4. The largest absolute Gasteiger partial charge is 0.456 e. The van der Waals surface area contributed by atoms with E-state index in [9.17, 15) is 27.9 Å². The van der Waals surface area contributed by atoms with Gasteiger partial charge in [-0.3, -0.25) is 4.79 Å². The van der Waals surface area contributed by atoms with Gasteiger partial charge in [0.25, 0.3) is 0 Å². The molecule has 6 rings (SSSR count). The van der Waals surface area contributed by atoms with Gasteiger partial charge in [-0.1, -0.05) is 60.5 Å². The predicted molar refractivity (Wildman–Crippen MR) is 170 cm³/mol. The number of ketones is 1. The normalized spacial score (nSPS) is 29.2. The first-order valence-electron chi connectivity index (χ1n) is 15.9. The van der Waals surface area contributed by atoms with E-state index in [0.29, 0.717) is 36.4 Å². The van der Waals surface area contributed by atoms with Crippen LogP contribution in [-0.2, 0) is 4.79 Å². The van der Waals surface area contributed by atoms with Crippen LogP contribution < -0.4 is 10.6 Å². The molecular formula is C36H36ClF5N2O3. The van der Waals surface area contributed by atoms with Crippen LogP contribution in [0, 0.1) is 17.3 Å². The van der Waals surface area contributed by atoms with Crippen LogP contribution in [0.25, 0.3) is 6.08 Å². The summed E-state index contributed by atoms with van der Waals surface area (Å²) in [6, 6.07) is 13.7. The lowest BCUT2D eigenvalue weighted by Crippen LogP contribution is -2.65. The Morgan fingerprint density at radius 2 is 1.72 bits per heavy atom. The lowest BCUT2D eigenvalue weighted by Gasteiger charge is -2.56. The molecule has 3 N–H and O–H groups in total. The Bertz CT molecular complexity index is 1650. The molecule has 47 heavy (non-hydrogen) atoms. The summed E-state index contributed by atoms with van der Waals surface area (Å²) < 4.78 is 71.8. The quantitative estimate of drug-likeness (QED) is 0.268. The lowest BCUT2D eigenvalue weighted by atomic mass is 9.50. The Hall–Kier alpha value is -3.50. The minimum Gasteiger partial charge on any atom is -0.383 e. The Balaban J connectivity index is 1.26. The van der Waals surface area contributed by atoms with Gasteiger partial charge in [0, 0.05) is 35.0 Å². The summed E-state index contributed by atoms with van der Waals surface area (Å²) in [7, 11) is 0. The van der Waals surface area contributed by atoms with Crippen LogP contribution >= 0.6 is 11.6 Å². The molecule has 11 heteroatoms. The number of carbonyl (C=O) groups is 2. The minimum absolute atomic E-state index is 0.0353. The molecule has 0 heterocycles. The molecule has 5 nitrogen and oxygen atoms in total. The zero-order valence-electron chi connectivity index (χ0n) is 25.8. The fraction of sp³-hybridized carbons (Fsp3) is 0.444. The summed E-state index contributed by atoms with van der Waals surface area (Å²) in [5.74, 6) is -6.57. The topological polar surface area (TPSA) is 78.4 Å². The van der Waals surface area contributed by atoms with Crippen LogP contribution in [0.3, 0.4) is 0 Å². The van der Waals surface area contributed by atoms with Crippen LogP contribution in [0.2, 0.25) is 5.02 Å². The highest BCUT2D eigenvalue weighted by atomic mass is 35.5. The van der Waals surface area contributed by atoms with Gasteiger partial charge in [-0.25, -0.2) is 4.79 Å². The van der Waals surface area contributed by atoms with Gasteiger partial charge in [0.2, 0.25) is 0 Å². The second-order valence-corrected chi connectivity index (χ2v) is 13.8. The highest BCUT2D eigenvalue weighted by Gasteiger charge is 2.79. The number of carbonyl (C=O) groups excluding carboxylic acids is 2. The van der Waals surface area contributed by atoms with E-state index in [-0.39, 0.29) is 31.1 Å². The molecule has 4 aliphatic rings. The van der Waals surface area contributed by atoms with E-state index in [0.717, 1.165) is 27.8 Å². The zero-order chi connectivity index (χ0) is 33.8. The van der Waals surface area contributed by atoms with Gasteiger partial charge in [-0.05, 0) is 103 Å². The van der Waals surface area contributed by atoms with Crippen molar-refractivity contribution in [2.45, 2.75) is 75.5 Å². The fourth-order valence-corrected chi connectivity index (χ4v) is 8.73. The van der Waals surface area contributed by atoms with Crippen molar-refractivity contribution in [2.75, 3.05) is 11.9 Å². The third-order valence-electron chi connectivity index (χ3n) is 10.9. The molecule has 250 valence electrons. The zero-order valence-corrected chi connectivity index (χ0v) is 26.5. The minimum atomic E-state index is -5.89. The molecule has 0 bridgehead atoms. The van der Waals surface area contributed by atoms with Crippen LogP contribution in [0.15, 0.2) is 77.4 Å². The number of aliphatic hydroxyl groups is 1. The number of hydrogen-bond acceptors (Lipinski definition) is 3. The number of halogens is 6. The first-order chi connectivity index (χ1) is 22.1. The van der Waals surface area contributed by atoms with Crippen molar-refractivity contribution in [1.29, 1.82) is 0 Å². The average molecular weight is 675 g/mol. The van der Waals surface area contributed by atoms with Gasteiger partial charge in [-0.15, -0.1) is 0 Å². The number of allylic oxidation sites excluding steroid dienone is 4. The van der Waals surface area contributed by atoms with E-state index in [2.05, 4.69) is 10.6 Å². The molecule has 0 unspecified atom stereocenters. The molecule has 2 aromatic rings. The molecule has 2 aromatic carbocycles. The van der Waals surface area contributed by atoms with Crippen LogP contribution in [0.1, 0.15) is 68.9 Å². The number of hydrogen-bond donors (Lipinski definition) is 3. The molecule has 0 aromatic heterocycles. The highest BCUT2D eigenvalue weighted by molar-refractivity contribution is 6.30. The molecule has 0 radical (unpaired) electrons. The van der Waals surface area contributed by atoms with Crippen molar-refractivity contribution in [1.82, 2.24) is 5.32 Å². The van der Waals surface area contributed by atoms with Gasteiger partial charge in [-0.2, -0.15) is 22.0 Å². The number of nitrogens with one attached hydrogen (secondary N) is 2. The van der Waals surface area contributed by atoms with E-state index in [1.165, 1.54) is 6.92 Å². The molecule has 2 amide bonds. The SMILES string of the molecule is C[C@]12C[C@H](c3ccc(C=CCNC(=O)Nc4ccc(Cl)cc4)cc3)C3=C4CCC(=O)C=C4CC[C@H]3[C@@H]1CC[C@@]2(O)C(F)(F)C(F)(F)F. The van der Waals surface area contributed by atoms with Gasteiger partial charge < -0.3 is 15.7 Å². The molecule has 0 spiro atoms. The maximum atomic E-state index is 15.2. The van der Waals surface area contributed by atoms with Crippen LogP contribution in [0.4, 0.5) is 32.4 Å². The van der Waals surface area contributed by atoms with Crippen LogP contribution in [-0.4, -0.2) is 41.2 Å². The summed E-state index contributed by atoms with van der Waals surface area (Å²) >= 11 is 5.87. The molecular weight excluding hydrogens is 639 g/mol. The first-order valence-corrected chi connectivity index (χ1v) is 16.2. The van der Waals surface area contributed by atoms with E-state index in [1.807, 2.05) is 30.3 Å². The van der Waals surface area contributed by atoms with Gasteiger partial charge in [0.15, 0.2) is 5.78 Å². The number of fused-ring (bicyclic) bond motifs is 4. The Kier molecular flexibility index (Phi) is 8.66. The highest BCUT2D eigenvalue weighted by Crippen LogP contribution is 2.70. The third kappa shape index (κ3) is 5.81. The molecule has 0 saturated heterocycles. The van der Waals surface area contributed by atoms with Gasteiger partial charge in [0.05, 0.1) is 0 Å². The second-order valence-electron chi connectivity index (χ2n) is 13.4. The van der Waals surface area contributed by atoms with Crippen molar-refractivity contribution in [2.24, 2.45) is 17.3 Å². The summed E-state index contributed by atoms with van der Waals surface area (Å²) in [5.41, 5.74) is 0.190.